The van der Waals surface area contributed by atoms with Gasteiger partial charge in [0.05, 0.1) is 13.2 Å². The molecule has 13 heteroatoms. The summed E-state index contributed by atoms with van der Waals surface area (Å²) in [5, 5.41) is 33.5. The van der Waals surface area contributed by atoms with E-state index < -0.39 is 67.0 Å². The molecule has 0 heterocycles. The van der Waals surface area contributed by atoms with Crippen molar-refractivity contribution in [2.45, 2.75) is 43.9 Å². The molecule has 4 atom stereocenters. The van der Waals surface area contributed by atoms with Crippen LogP contribution >= 0.6 is 0 Å². The molecule has 0 saturated heterocycles. The molecule has 10 N–H and O–H groups in total. The topological polar surface area (TPSA) is 234 Å². The Morgan fingerprint density at radius 1 is 0.889 bits per heavy atom. The van der Waals surface area contributed by atoms with Crippen molar-refractivity contribution in [1.29, 1.82) is 0 Å². The zero-order valence-electron chi connectivity index (χ0n) is 14.7. The van der Waals surface area contributed by atoms with Crippen molar-refractivity contribution < 1.29 is 39.3 Å². The molecule has 13 nitrogen and oxygen atoms in total. The van der Waals surface area contributed by atoms with Gasteiger partial charge in [0.25, 0.3) is 0 Å². The average Bonchev–Trinajstić information content (AvgIpc) is 2.60. The highest BCUT2D eigenvalue weighted by molar-refractivity contribution is 5.94. The average molecular weight is 391 g/mol. The lowest BCUT2D eigenvalue weighted by Gasteiger charge is -2.22. The summed E-state index contributed by atoms with van der Waals surface area (Å²) in [6.45, 7) is -0.211. The van der Waals surface area contributed by atoms with Gasteiger partial charge in [0, 0.05) is 6.42 Å². The van der Waals surface area contributed by atoms with Gasteiger partial charge in [-0.15, -0.1) is 0 Å². The van der Waals surface area contributed by atoms with Crippen LogP contribution in [-0.2, 0) is 24.0 Å². The number of nitrogens with one attached hydrogen (secondary N) is 3. The third kappa shape index (κ3) is 8.94. The van der Waals surface area contributed by atoms with E-state index in [1.165, 1.54) is 6.92 Å². The minimum Gasteiger partial charge on any atom is -0.480 e. The van der Waals surface area contributed by atoms with Crippen molar-refractivity contribution in [1.82, 2.24) is 16.0 Å². The quantitative estimate of drug-likeness (QED) is 0.159. The predicted octanol–water partition coefficient (Wildman–Crippen LogP) is -4.88. The second kappa shape index (κ2) is 11.8. The van der Waals surface area contributed by atoms with E-state index in [0.29, 0.717) is 0 Å². The van der Waals surface area contributed by atoms with Gasteiger partial charge in [-0.25, -0.2) is 4.79 Å². The minimum absolute atomic E-state index is 0.270. The number of carbonyl (C=O) groups excluding carboxylic acids is 4. The van der Waals surface area contributed by atoms with Crippen LogP contribution in [0.4, 0.5) is 0 Å². The van der Waals surface area contributed by atoms with Gasteiger partial charge in [-0.2, -0.15) is 0 Å². The lowest BCUT2D eigenvalue weighted by Crippen LogP contribution is -2.57. The molecule has 0 radical (unpaired) electrons. The summed E-state index contributed by atoms with van der Waals surface area (Å²) in [7, 11) is 0. The number of carboxylic acid groups (broad SMARTS) is 1. The van der Waals surface area contributed by atoms with Crippen molar-refractivity contribution in [3.8, 4) is 0 Å². The molecular weight excluding hydrogens is 366 g/mol. The van der Waals surface area contributed by atoms with Crippen molar-refractivity contribution in [3.63, 3.8) is 0 Å². The summed E-state index contributed by atoms with van der Waals surface area (Å²) in [4.78, 5) is 57.4. The van der Waals surface area contributed by atoms with Crippen LogP contribution in [0.2, 0.25) is 0 Å². The Balaban J connectivity index is 4.81. The number of primary amides is 1. The maximum atomic E-state index is 12.1. The highest BCUT2D eigenvalue weighted by atomic mass is 16.4. The molecule has 0 aromatic rings. The first-order valence-electron chi connectivity index (χ1n) is 7.93. The molecular formula is C14H25N5O8. The maximum absolute atomic E-state index is 12.1. The molecule has 4 amide bonds. The highest BCUT2D eigenvalue weighted by Gasteiger charge is 2.28. The summed E-state index contributed by atoms with van der Waals surface area (Å²) in [6, 6.07) is -5.34. The number of aliphatic hydroxyl groups excluding tert-OH is 2. The smallest absolute Gasteiger partial charge is 0.326 e. The maximum Gasteiger partial charge on any atom is 0.326 e. The molecule has 0 aromatic heterocycles. The van der Waals surface area contributed by atoms with Gasteiger partial charge in [0.1, 0.15) is 24.2 Å². The summed E-state index contributed by atoms with van der Waals surface area (Å²) >= 11 is 0. The summed E-state index contributed by atoms with van der Waals surface area (Å²) in [6.07, 6.45) is -0.560. The highest BCUT2D eigenvalue weighted by Crippen LogP contribution is 1.99. The molecule has 0 bridgehead atoms. The second-order valence-electron chi connectivity index (χ2n) is 5.67. The minimum atomic E-state index is -1.50. The number of rotatable bonds is 12. The molecule has 0 aliphatic rings. The van der Waals surface area contributed by atoms with Gasteiger partial charge in [-0.3, -0.25) is 19.2 Å². The number of hydrogen-bond acceptors (Lipinski definition) is 8. The zero-order chi connectivity index (χ0) is 21.1. The van der Waals surface area contributed by atoms with E-state index in [1.807, 2.05) is 0 Å². The molecule has 0 rings (SSSR count). The van der Waals surface area contributed by atoms with E-state index in [4.69, 9.17) is 21.7 Å². The molecule has 0 aromatic carbocycles. The van der Waals surface area contributed by atoms with Gasteiger partial charge in [0.15, 0.2) is 0 Å². The molecule has 4 unspecified atom stereocenters. The number of hydrogen-bond donors (Lipinski definition) is 8. The fourth-order valence-electron chi connectivity index (χ4n) is 1.78. The van der Waals surface area contributed by atoms with Crippen LogP contribution in [0.15, 0.2) is 0 Å². The van der Waals surface area contributed by atoms with E-state index in [1.54, 1.807) is 0 Å². The monoisotopic (exact) mass is 391 g/mol. The van der Waals surface area contributed by atoms with Crippen LogP contribution in [-0.4, -0.2) is 82.3 Å². The molecule has 0 spiro atoms. The van der Waals surface area contributed by atoms with Crippen molar-refractivity contribution in [2.24, 2.45) is 11.5 Å². The Morgan fingerprint density at radius 2 is 1.44 bits per heavy atom. The van der Waals surface area contributed by atoms with Gasteiger partial charge in [0.2, 0.25) is 23.6 Å². The second-order valence-corrected chi connectivity index (χ2v) is 5.67. The van der Waals surface area contributed by atoms with E-state index in [0.717, 1.165) is 0 Å². The van der Waals surface area contributed by atoms with E-state index in [2.05, 4.69) is 16.0 Å². The van der Waals surface area contributed by atoms with Crippen molar-refractivity contribution >= 4 is 29.6 Å². The number of amides is 4. The first kappa shape index (κ1) is 24.2. The summed E-state index contributed by atoms with van der Waals surface area (Å²) in [5.74, 6) is -4.85. The first-order chi connectivity index (χ1) is 12.5. The standard InChI is InChI=1S/C14H25N5O8/c1-6(17-12(24)7(15)4-20)11(23)19-9(5-21)13(25)18-8(14(26)27)2-3-10(16)22/h6-9,20-21H,2-5,15H2,1H3,(H2,16,22)(H,17,24)(H,18,25)(H,19,23)(H,26,27). The Bertz CT molecular complexity index is 570. The van der Waals surface area contributed by atoms with Crippen LogP contribution < -0.4 is 27.4 Å². The van der Waals surface area contributed by atoms with Crippen LogP contribution in [0, 0.1) is 0 Å². The van der Waals surface area contributed by atoms with Gasteiger partial charge >= 0.3 is 5.97 Å². The summed E-state index contributed by atoms with van der Waals surface area (Å²) in [5.41, 5.74) is 10.2. The Kier molecular flexibility index (Phi) is 10.6. The number of carbonyl (C=O) groups is 5. The Hall–Kier alpha value is -2.77. The number of aliphatic carboxylic acids is 1. The summed E-state index contributed by atoms with van der Waals surface area (Å²) < 4.78 is 0. The number of nitrogens with two attached hydrogens (primary N) is 2. The predicted molar refractivity (Wildman–Crippen MR) is 89.7 cm³/mol. The molecule has 0 aliphatic heterocycles. The molecule has 27 heavy (non-hydrogen) atoms. The Morgan fingerprint density at radius 3 is 1.89 bits per heavy atom. The van der Waals surface area contributed by atoms with Gasteiger partial charge < -0.3 is 42.7 Å². The number of aliphatic hydroxyl groups is 2. The van der Waals surface area contributed by atoms with Crippen LogP contribution in [0.3, 0.4) is 0 Å². The lowest BCUT2D eigenvalue weighted by molar-refractivity contribution is -0.143. The lowest BCUT2D eigenvalue weighted by atomic mass is 10.1. The van der Waals surface area contributed by atoms with Gasteiger partial charge in [-0.05, 0) is 13.3 Å². The van der Waals surface area contributed by atoms with Crippen molar-refractivity contribution in [3.05, 3.63) is 0 Å². The zero-order valence-corrected chi connectivity index (χ0v) is 14.7. The molecule has 154 valence electrons. The molecule has 0 saturated carbocycles. The normalized spacial score (nSPS) is 15.0. The van der Waals surface area contributed by atoms with Gasteiger partial charge in [-0.1, -0.05) is 0 Å². The van der Waals surface area contributed by atoms with Crippen LogP contribution in [0.25, 0.3) is 0 Å². The third-order valence-corrected chi connectivity index (χ3v) is 3.40. The molecule has 0 aliphatic carbocycles. The van der Waals surface area contributed by atoms with E-state index in [9.17, 15) is 29.1 Å². The first-order valence-corrected chi connectivity index (χ1v) is 7.93. The van der Waals surface area contributed by atoms with Crippen LogP contribution in [0.1, 0.15) is 19.8 Å². The number of carboxylic acids is 1. The van der Waals surface area contributed by atoms with E-state index in [-0.39, 0.29) is 12.8 Å². The SMILES string of the molecule is CC(NC(=O)C(N)CO)C(=O)NC(CO)C(=O)NC(CCC(N)=O)C(=O)O. The fraction of sp³-hybridized carbons (Fsp3) is 0.643. The Labute approximate surface area is 154 Å². The largest absolute Gasteiger partial charge is 0.480 e. The van der Waals surface area contributed by atoms with E-state index >= 15 is 0 Å². The third-order valence-electron chi connectivity index (χ3n) is 3.40. The molecule has 0 fully saturated rings. The van der Waals surface area contributed by atoms with Crippen LogP contribution in [0.5, 0.6) is 0 Å². The van der Waals surface area contributed by atoms with Crippen molar-refractivity contribution in [2.75, 3.05) is 13.2 Å². The fourth-order valence-corrected chi connectivity index (χ4v) is 1.78.